The second kappa shape index (κ2) is 10.6. The number of amides is 1. The smallest absolute Gasteiger partial charge is 0.340 e. The molecule has 3 rings (SSSR count). The minimum atomic E-state index is -0.424. The summed E-state index contributed by atoms with van der Waals surface area (Å²) in [5, 5.41) is 3.47. The van der Waals surface area contributed by atoms with Crippen LogP contribution in [0.4, 0.5) is 5.00 Å². The molecule has 1 fully saturated rings. The molecule has 1 N–H and O–H groups in total. The topological polar surface area (TPSA) is 71.1 Å². The van der Waals surface area contributed by atoms with Crippen molar-refractivity contribution in [1.29, 1.82) is 0 Å². The first-order valence-electron chi connectivity index (χ1n) is 10.1. The summed E-state index contributed by atoms with van der Waals surface area (Å²) in [6.07, 6.45) is 0.805. The summed E-state index contributed by atoms with van der Waals surface area (Å²) in [5.41, 5.74) is 1.65. The third-order valence-electron chi connectivity index (χ3n) is 5.16. The molecule has 0 saturated carbocycles. The number of rotatable bonds is 8. The monoisotopic (exact) mass is 431 g/mol. The van der Waals surface area contributed by atoms with Crippen LogP contribution in [0.15, 0.2) is 30.3 Å². The molecule has 0 spiro atoms. The van der Waals surface area contributed by atoms with Gasteiger partial charge in [-0.05, 0) is 30.2 Å². The van der Waals surface area contributed by atoms with Gasteiger partial charge in [0.15, 0.2) is 0 Å². The Bertz CT molecular complexity index is 875. The van der Waals surface area contributed by atoms with Crippen molar-refractivity contribution in [3.63, 3.8) is 0 Å². The molecule has 1 aliphatic heterocycles. The van der Waals surface area contributed by atoms with Gasteiger partial charge in [0.25, 0.3) is 0 Å². The van der Waals surface area contributed by atoms with Crippen molar-refractivity contribution in [2.75, 3.05) is 52.3 Å². The summed E-state index contributed by atoms with van der Waals surface area (Å²) >= 11 is 1.43. The first kappa shape index (κ1) is 22.3. The number of ether oxygens (including phenoxy) is 2. The summed E-state index contributed by atoms with van der Waals surface area (Å²) in [6.45, 7) is 6.65. The highest BCUT2D eigenvalue weighted by Gasteiger charge is 2.22. The van der Waals surface area contributed by atoms with Crippen LogP contribution >= 0.6 is 11.3 Å². The van der Waals surface area contributed by atoms with E-state index >= 15 is 0 Å². The van der Waals surface area contributed by atoms with E-state index in [0.717, 1.165) is 49.8 Å². The van der Waals surface area contributed by atoms with Gasteiger partial charge in [0.05, 0.1) is 26.3 Å². The number of thiophene rings is 1. The number of hydrogen-bond acceptors (Lipinski definition) is 7. The predicted octanol–water partition coefficient (Wildman–Crippen LogP) is 2.86. The maximum atomic E-state index is 12.6. The van der Waals surface area contributed by atoms with Crippen LogP contribution in [-0.4, -0.2) is 68.6 Å². The van der Waals surface area contributed by atoms with E-state index in [1.807, 2.05) is 19.1 Å². The average molecular weight is 432 g/mol. The van der Waals surface area contributed by atoms with E-state index in [1.165, 1.54) is 24.0 Å². The van der Waals surface area contributed by atoms with Gasteiger partial charge in [-0.3, -0.25) is 14.6 Å². The van der Waals surface area contributed by atoms with E-state index in [1.54, 1.807) is 13.2 Å². The first-order chi connectivity index (χ1) is 14.5. The molecular weight excluding hydrogens is 402 g/mol. The second-order valence-corrected chi connectivity index (χ2v) is 8.39. The molecule has 8 heteroatoms. The lowest BCUT2D eigenvalue weighted by Gasteiger charge is -2.34. The van der Waals surface area contributed by atoms with E-state index in [-0.39, 0.29) is 5.91 Å². The molecule has 1 aliphatic rings. The number of piperazine rings is 1. The zero-order valence-electron chi connectivity index (χ0n) is 17.8. The van der Waals surface area contributed by atoms with E-state index in [9.17, 15) is 9.59 Å². The molecule has 2 heterocycles. The molecule has 1 aromatic carbocycles. The van der Waals surface area contributed by atoms with Crippen molar-refractivity contribution in [2.24, 2.45) is 0 Å². The molecule has 0 unspecified atom stereocenters. The fourth-order valence-corrected chi connectivity index (χ4v) is 4.47. The molecule has 1 amide bonds. The second-order valence-electron chi connectivity index (χ2n) is 7.25. The molecule has 0 bridgehead atoms. The minimum Gasteiger partial charge on any atom is -0.497 e. The van der Waals surface area contributed by atoms with E-state index in [4.69, 9.17) is 9.47 Å². The third-order valence-corrected chi connectivity index (χ3v) is 6.36. The Labute approximate surface area is 181 Å². The van der Waals surface area contributed by atoms with Gasteiger partial charge in [0, 0.05) is 37.6 Å². The van der Waals surface area contributed by atoms with Crippen LogP contribution in [0, 0.1) is 0 Å². The fourth-order valence-electron chi connectivity index (χ4n) is 3.47. The molecule has 0 atom stereocenters. The van der Waals surface area contributed by atoms with Crippen molar-refractivity contribution >= 4 is 28.2 Å². The highest BCUT2D eigenvalue weighted by Crippen LogP contribution is 2.29. The summed E-state index contributed by atoms with van der Waals surface area (Å²) in [6, 6.07) is 9.91. The number of benzene rings is 1. The Hall–Kier alpha value is -2.42. The zero-order valence-corrected chi connectivity index (χ0v) is 18.6. The van der Waals surface area contributed by atoms with Crippen LogP contribution in [-0.2, 0) is 22.5 Å². The summed E-state index contributed by atoms with van der Waals surface area (Å²) in [5.74, 6) is 0.340. The standard InChI is InChI=1S/C22H29N3O4S/c1-4-18-13-19(22(27)29-3)21(30-18)23-20(26)15-25-10-8-24(9-11-25)14-16-6-5-7-17(12-16)28-2/h5-7,12-13H,4,8-11,14-15H2,1-3H3,(H,23,26). The average Bonchev–Trinajstić information content (AvgIpc) is 3.17. The fraction of sp³-hybridized carbons (Fsp3) is 0.455. The zero-order chi connectivity index (χ0) is 21.5. The molecule has 0 radical (unpaired) electrons. The van der Waals surface area contributed by atoms with Gasteiger partial charge in [-0.1, -0.05) is 19.1 Å². The van der Waals surface area contributed by atoms with Crippen LogP contribution in [0.2, 0.25) is 0 Å². The van der Waals surface area contributed by atoms with Gasteiger partial charge in [-0.2, -0.15) is 0 Å². The molecule has 30 heavy (non-hydrogen) atoms. The van der Waals surface area contributed by atoms with Gasteiger partial charge < -0.3 is 14.8 Å². The molecule has 1 saturated heterocycles. The van der Waals surface area contributed by atoms with E-state index in [2.05, 4.69) is 27.2 Å². The Morgan fingerprint density at radius 3 is 2.50 bits per heavy atom. The SMILES string of the molecule is CCc1cc(C(=O)OC)c(NC(=O)CN2CCN(Cc3cccc(OC)c3)CC2)s1. The van der Waals surface area contributed by atoms with Crippen LogP contribution in [0.25, 0.3) is 0 Å². The van der Waals surface area contributed by atoms with Gasteiger partial charge >= 0.3 is 5.97 Å². The van der Waals surface area contributed by atoms with Gasteiger partial charge in [0.1, 0.15) is 10.8 Å². The minimum absolute atomic E-state index is 0.106. The van der Waals surface area contributed by atoms with Crippen LogP contribution < -0.4 is 10.1 Å². The summed E-state index contributed by atoms with van der Waals surface area (Å²) < 4.78 is 10.1. The maximum absolute atomic E-state index is 12.6. The van der Waals surface area contributed by atoms with E-state index < -0.39 is 5.97 Å². The van der Waals surface area contributed by atoms with Crippen molar-refractivity contribution in [3.05, 3.63) is 46.3 Å². The quantitative estimate of drug-likeness (QED) is 0.648. The van der Waals surface area contributed by atoms with Crippen molar-refractivity contribution < 1.29 is 19.1 Å². The number of anilines is 1. The lowest BCUT2D eigenvalue weighted by atomic mass is 10.2. The highest BCUT2D eigenvalue weighted by molar-refractivity contribution is 7.16. The number of hydrogen-bond donors (Lipinski definition) is 1. The van der Waals surface area contributed by atoms with Crippen LogP contribution in [0.5, 0.6) is 5.75 Å². The van der Waals surface area contributed by atoms with Gasteiger partial charge in [0.2, 0.25) is 5.91 Å². The molecule has 162 valence electrons. The molecular formula is C22H29N3O4S. The largest absolute Gasteiger partial charge is 0.497 e. The molecule has 7 nitrogen and oxygen atoms in total. The summed E-state index contributed by atoms with van der Waals surface area (Å²) in [4.78, 5) is 30.1. The predicted molar refractivity (Wildman–Crippen MR) is 118 cm³/mol. The number of esters is 1. The van der Waals surface area contributed by atoms with Crippen molar-refractivity contribution in [3.8, 4) is 5.75 Å². The summed E-state index contributed by atoms with van der Waals surface area (Å²) in [7, 11) is 3.03. The Morgan fingerprint density at radius 2 is 1.83 bits per heavy atom. The first-order valence-corrected chi connectivity index (χ1v) is 10.9. The number of nitrogens with zero attached hydrogens (tertiary/aromatic N) is 2. The Kier molecular flexibility index (Phi) is 7.84. The van der Waals surface area contributed by atoms with Gasteiger partial charge in [-0.15, -0.1) is 11.3 Å². The van der Waals surface area contributed by atoms with Crippen LogP contribution in [0.1, 0.15) is 27.7 Å². The number of nitrogens with one attached hydrogen (secondary N) is 1. The number of aryl methyl sites for hydroxylation is 1. The molecule has 1 aromatic heterocycles. The van der Waals surface area contributed by atoms with Crippen molar-refractivity contribution in [1.82, 2.24) is 9.80 Å². The van der Waals surface area contributed by atoms with Gasteiger partial charge in [-0.25, -0.2) is 4.79 Å². The Balaban J connectivity index is 1.49. The van der Waals surface area contributed by atoms with Crippen molar-refractivity contribution in [2.45, 2.75) is 19.9 Å². The Morgan fingerprint density at radius 1 is 1.10 bits per heavy atom. The third kappa shape index (κ3) is 5.81. The normalized spacial score (nSPS) is 15.0. The number of methoxy groups -OCH3 is 2. The lowest BCUT2D eigenvalue weighted by molar-refractivity contribution is -0.117. The lowest BCUT2D eigenvalue weighted by Crippen LogP contribution is -2.48. The van der Waals surface area contributed by atoms with Crippen LogP contribution in [0.3, 0.4) is 0 Å². The molecule has 0 aliphatic carbocycles. The van der Waals surface area contributed by atoms with E-state index in [0.29, 0.717) is 17.1 Å². The number of carbonyl (C=O) groups excluding carboxylic acids is 2. The highest BCUT2D eigenvalue weighted by atomic mass is 32.1. The maximum Gasteiger partial charge on any atom is 0.340 e. The molecule has 2 aromatic rings. The number of carbonyl (C=O) groups is 2.